The lowest BCUT2D eigenvalue weighted by atomic mass is 10.0. The molecule has 3 aromatic rings. The van der Waals surface area contributed by atoms with Gasteiger partial charge in [0.05, 0.1) is 11.6 Å². The molecule has 0 radical (unpaired) electrons. The summed E-state index contributed by atoms with van der Waals surface area (Å²) in [5.41, 5.74) is 2.47. The summed E-state index contributed by atoms with van der Waals surface area (Å²) in [6.07, 6.45) is -1.78. The maximum absolute atomic E-state index is 13.2. The number of amides is 3. The fourth-order valence-electron chi connectivity index (χ4n) is 5.62. The van der Waals surface area contributed by atoms with Crippen LogP contribution in [0, 0.1) is 0 Å². The van der Waals surface area contributed by atoms with E-state index in [4.69, 9.17) is 0 Å². The normalized spacial score (nSPS) is 19.0. The first-order valence-corrected chi connectivity index (χ1v) is 14.0. The molecule has 2 heterocycles. The van der Waals surface area contributed by atoms with Gasteiger partial charge in [0, 0.05) is 44.8 Å². The number of halogens is 3. The van der Waals surface area contributed by atoms with Crippen LogP contribution in [0.3, 0.4) is 0 Å². The first-order chi connectivity index (χ1) is 19.7. The molecule has 3 aromatic carbocycles. The highest BCUT2D eigenvalue weighted by Gasteiger charge is 2.35. The highest BCUT2D eigenvalue weighted by Crippen LogP contribution is 2.31. The average Bonchev–Trinajstić information content (AvgIpc) is 3.67. The van der Waals surface area contributed by atoms with Crippen molar-refractivity contribution in [2.24, 2.45) is 0 Å². The minimum absolute atomic E-state index is 0.0293. The molecule has 2 atom stereocenters. The van der Waals surface area contributed by atoms with E-state index < -0.39 is 11.7 Å². The van der Waals surface area contributed by atoms with Crippen molar-refractivity contribution >= 4 is 11.9 Å². The fourth-order valence-corrected chi connectivity index (χ4v) is 5.62. The van der Waals surface area contributed by atoms with Crippen molar-refractivity contribution in [2.45, 2.75) is 37.5 Å². The Morgan fingerprint density at radius 2 is 1.46 bits per heavy atom. The first-order valence-electron chi connectivity index (χ1n) is 14.0. The minimum atomic E-state index is -4.38. The van der Waals surface area contributed by atoms with Gasteiger partial charge in [-0.15, -0.1) is 0 Å². The molecule has 216 valence electrons. The molecule has 0 bridgehead atoms. The van der Waals surface area contributed by atoms with Gasteiger partial charge in [-0.25, -0.2) is 4.79 Å². The van der Waals surface area contributed by atoms with Crippen LogP contribution in [-0.4, -0.2) is 78.5 Å². The van der Waals surface area contributed by atoms with Crippen molar-refractivity contribution in [2.75, 3.05) is 39.8 Å². The lowest BCUT2D eigenvalue weighted by molar-refractivity contribution is -0.137. The van der Waals surface area contributed by atoms with E-state index in [1.165, 1.54) is 17.7 Å². The third kappa shape index (κ3) is 6.90. The SMILES string of the molecule is CN(C(=O)c1ccc(-c2ccc(C(F)(F)F)cc2)cc1)[C@H]1CCN(C(=O)N2CC[C@@H](NCCc3ccccc3)C2)C1. The minimum Gasteiger partial charge on any atom is -0.337 e. The van der Waals surface area contributed by atoms with E-state index >= 15 is 0 Å². The van der Waals surface area contributed by atoms with Gasteiger partial charge in [0.15, 0.2) is 0 Å². The van der Waals surface area contributed by atoms with Crippen LogP contribution in [0.25, 0.3) is 11.1 Å². The van der Waals surface area contributed by atoms with Crippen LogP contribution >= 0.6 is 0 Å². The molecule has 0 spiro atoms. The van der Waals surface area contributed by atoms with Gasteiger partial charge in [0.25, 0.3) is 5.91 Å². The monoisotopic (exact) mass is 564 g/mol. The Balaban J connectivity index is 1.10. The fraction of sp³-hybridized carbons (Fsp3) is 0.375. The molecule has 0 aromatic heterocycles. The number of benzene rings is 3. The average molecular weight is 565 g/mol. The van der Waals surface area contributed by atoms with Gasteiger partial charge in [0.2, 0.25) is 0 Å². The molecular weight excluding hydrogens is 529 g/mol. The van der Waals surface area contributed by atoms with E-state index in [1.54, 1.807) is 36.2 Å². The number of likely N-dealkylation sites (N-methyl/N-ethyl adjacent to an activating group) is 1. The van der Waals surface area contributed by atoms with E-state index in [-0.39, 0.29) is 24.0 Å². The smallest absolute Gasteiger partial charge is 0.337 e. The summed E-state index contributed by atoms with van der Waals surface area (Å²) in [6, 6.07) is 22.4. The van der Waals surface area contributed by atoms with E-state index in [0.717, 1.165) is 43.6 Å². The number of carbonyl (C=O) groups excluding carboxylic acids is 2. The lowest BCUT2D eigenvalue weighted by Gasteiger charge is -2.27. The Hall–Kier alpha value is -3.85. The van der Waals surface area contributed by atoms with Crippen LogP contribution in [0.4, 0.5) is 18.0 Å². The quantitative estimate of drug-likeness (QED) is 0.410. The van der Waals surface area contributed by atoms with Crippen LogP contribution in [0.2, 0.25) is 0 Å². The van der Waals surface area contributed by atoms with Crippen LogP contribution < -0.4 is 5.32 Å². The second-order valence-corrected chi connectivity index (χ2v) is 10.9. The maximum Gasteiger partial charge on any atom is 0.416 e. The second kappa shape index (κ2) is 12.3. The topological polar surface area (TPSA) is 55.9 Å². The van der Waals surface area contributed by atoms with E-state index in [0.29, 0.717) is 37.2 Å². The molecule has 2 aliphatic rings. The summed E-state index contributed by atoms with van der Waals surface area (Å²) < 4.78 is 38.6. The number of hydrogen-bond donors (Lipinski definition) is 1. The van der Waals surface area contributed by atoms with Gasteiger partial charge in [-0.1, -0.05) is 54.6 Å². The second-order valence-electron chi connectivity index (χ2n) is 10.9. The number of rotatable bonds is 7. The Kier molecular flexibility index (Phi) is 8.63. The van der Waals surface area contributed by atoms with Gasteiger partial charge in [-0.3, -0.25) is 4.79 Å². The third-order valence-corrected chi connectivity index (χ3v) is 8.13. The van der Waals surface area contributed by atoms with Gasteiger partial charge in [-0.05, 0) is 66.8 Å². The number of likely N-dealkylation sites (tertiary alicyclic amines) is 2. The number of hydrogen-bond acceptors (Lipinski definition) is 3. The Morgan fingerprint density at radius 3 is 2.12 bits per heavy atom. The first kappa shape index (κ1) is 28.7. The van der Waals surface area contributed by atoms with Crippen molar-refractivity contribution in [1.82, 2.24) is 20.0 Å². The zero-order chi connectivity index (χ0) is 29.0. The van der Waals surface area contributed by atoms with Crippen LogP contribution in [0.5, 0.6) is 0 Å². The molecule has 6 nitrogen and oxygen atoms in total. The zero-order valence-corrected chi connectivity index (χ0v) is 23.1. The summed E-state index contributed by atoms with van der Waals surface area (Å²) in [5.74, 6) is -0.146. The highest BCUT2D eigenvalue weighted by atomic mass is 19.4. The predicted octanol–water partition coefficient (Wildman–Crippen LogP) is 5.55. The molecule has 2 saturated heterocycles. The maximum atomic E-state index is 13.2. The molecule has 1 N–H and O–H groups in total. The standard InChI is InChI=1S/C32H35F3N4O2/c1-37(30(40)26-9-7-24(8-10-26)25-11-13-27(14-12-25)32(33,34)35)29-17-20-39(22-29)31(41)38-19-16-28(21-38)36-18-15-23-5-3-2-4-6-23/h2-14,28-29,36H,15-22H2,1H3/t28-,29+/m1/s1. The predicted molar refractivity (Wildman–Crippen MR) is 152 cm³/mol. The number of nitrogens with one attached hydrogen (secondary N) is 1. The van der Waals surface area contributed by atoms with Crippen molar-refractivity contribution in [3.8, 4) is 11.1 Å². The summed E-state index contributed by atoms with van der Waals surface area (Å²) in [4.78, 5) is 31.8. The molecule has 2 fully saturated rings. The highest BCUT2D eigenvalue weighted by molar-refractivity contribution is 5.95. The Morgan fingerprint density at radius 1 is 0.854 bits per heavy atom. The lowest BCUT2D eigenvalue weighted by Crippen LogP contribution is -2.45. The van der Waals surface area contributed by atoms with Crippen LogP contribution in [0.15, 0.2) is 78.9 Å². The number of alkyl halides is 3. The van der Waals surface area contributed by atoms with Crippen molar-refractivity contribution in [1.29, 1.82) is 0 Å². The Bertz CT molecular complexity index is 1330. The molecule has 0 unspecified atom stereocenters. The Labute approximate surface area is 238 Å². The molecule has 2 aliphatic heterocycles. The van der Waals surface area contributed by atoms with Gasteiger partial charge >= 0.3 is 12.2 Å². The summed E-state index contributed by atoms with van der Waals surface area (Å²) in [6.45, 7) is 3.39. The van der Waals surface area contributed by atoms with Crippen molar-refractivity contribution in [3.63, 3.8) is 0 Å². The molecule has 9 heteroatoms. The van der Waals surface area contributed by atoms with E-state index in [9.17, 15) is 22.8 Å². The number of carbonyl (C=O) groups is 2. The van der Waals surface area contributed by atoms with Gasteiger partial charge < -0.3 is 20.0 Å². The van der Waals surface area contributed by atoms with Gasteiger partial charge in [-0.2, -0.15) is 13.2 Å². The molecular formula is C32H35F3N4O2. The van der Waals surface area contributed by atoms with Crippen LogP contribution in [0.1, 0.15) is 34.3 Å². The molecule has 3 amide bonds. The molecule has 0 saturated carbocycles. The number of urea groups is 1. The van der Waals surface area contributed by atoms with E-state index in [1.807, 2.05) is 28.0 Å². The molecule has 0 aliphatic carbocycles. The summed E-state index contributed by atoms with van der Waals surface area (Å²) >= 11 is 0. The third-order valence-electron chi connectivity index (χ3n) is 8.13. The summed E-state index contributed by atoms with van der Waals surface area (Å²) in [5, 5.41) is 3.58. The van der Waals surface area contributed by atoms with Gasteiger partial charge in [0.1, 0.15) is 0 Å². The molecule has 5 rings (SSSR count). The number of nitrogens with zero attached hydrogens (tertiary/aromatic N) is 3. The zero-order valence-electron chi connectivity index (χ0n) is 23.1. The van der Waals surface area contributed by atoms with Crippen molar-refractivity contribution < 1.29 is 22.8 Å². The summed E-state index contributed by atoms with van der Waals surface area (Å²) in [7, 11) is 1.76. The largest absolute Gasteiger partial charge is 0.416 e. The van der Waals surface area contributed by atoms with E-state index in [2.05, 4.69) is 17.4 Å². The van der Waals surface area contributed by atoms with Crippen LogP contribution in [-0.2, 0) is 12.6 Å². The van der Waals surface area contributed by atoms with Crippen molar-refractivity contribution in [3.05, 3.63) is 95.6 Å². The molecule has 41 heavy (non-hydrogen) atoms.